The lowest BCUT2D eigenvalue weighted by molar-refractivity contribution is -0.145. The van der Waals surface area contributed by atoms with Gasteiger partial charge in [0.2, 0.25) is 11.7 Å². The molecule has 0 fully saturated rings. The van der Waals surface area contributed by atoms with Crippen molar-refractivity contribution in [2.75, 3.05) is 11.9 Å². The normalized spacial score (nSPS) is 15.4. The Kier molecular flexibility index (Phi) is 5.76. The Morgan fingerprint density at radius 2 is 1.87 bits per heavy atom. The molecule has 1 aliphatic heterocycles. The van der Waals surface area contributed by atoms with Gasteiger partial charge in [-0.15, -0.1) is 11.8 Å². The van der Waals surface area contributed by atoms with Crippen molar-refractivity contribution in [2.24, 2.45) is 0 Å². The number of nitrogens with one attached hydrogen (secondary N) is 1. The fourth-order valence-corrected chi connectivity index (χ4v) is 4.29. The Morgan fingerprint density at radius 1 is 1.10 bits per heavy atom. The van der Waals surface area contributed by atoms with Crippen molar-refractivity contribution in [3.8, 4) is 0 Å². The minimum absolute atomic E-state index is 0.0181. The number of esters is 2. The first-order valence-electron chi connectivity index (χ1n) is 9.46. The number of benzene rings is 2. The number of ether oxygens (including phenoxy) is 2. The minimum atomic E-state index is -0.612. The molecule has 0 saturated carbocycles. The van der Waals surface area contributed by atoms with Crippen LogP contribution >= 0.6 is 11.8 Å². The first-order chi connectivity index (χ1) is 14.6. The van der Waals surface area contributed by atoms with E-state index in [1.165, 1.54) is 11.8 Å². The zero-order valence-corrected chi connectivity index (χ0v) is 17.0. The molecular weight excluding hydrogens is 406 g/mol. The van der Waals surface area contributed by atoms with Gasteiger partial charge < -0.3 is 19.2 Å². The summed E-state index contributed by atoms with van der Waals surface area (Å²) in [4.78, 5) is 37.9. The molecule has 1 N–H and O–H groups in total. The molecule has 0 saturated heterocycles. The molecule has 0 radical (unpaired) electrons. The van der Waals surface area contributed by atoms with Crippen LogP contribution in [-0.4, -0.2) is 29.7 Å². The first-order valence-corrected chi connectivity index (χ1v) is 10.3. The summed E-state index contributed by atoms with van der Waals surface area (Å²) in [5.41, 5.74) is 1.69. The van der Waals surface area contributed by atoms with Gasteiger partial charge in [0.15, 0.2) is 0 Å². The number of hydrogen-bond donors (Lipinski definition) is 1. The van der Waals surface area contributed by atoms with Crippen LogP contribution in [0.4, 0.5) is 5.69 Å². The van der Waals surface area contributed by atoms with Crippen LogP contribution in [0.25, 0.3) is 11.0 Å². The Bertz CT molecular complexity index is 1120. The summed E-state index contributed by atoms with van der Waals surface area (Å²) in [6, 6.07) is 14.5. The fourth-order valence-electron chi connectivity index (χ4n) is 3.19. The van der Waals surface area contributed by atoms with Crippen LogP contribution in [0.15, 0.2) is 57.8 Å². The molecule has 1 aromatic heterocycles. The van der Waals surface area contributed by atoms with Gasteiger partial charge in [-0.2, -0.15) is 0 Å². The van der Waals surface area contributed by atoms with Crippen LogP contribution in [0.2, 0.25) is 0 Å². The minimum Gasteiger partial charge on any atom is -0.461 e. The van der Waals surface area contributed by atoms with E-state index < -0.39 is 17.2 Å². The van der Waals surface area contributed by atoms with Gasteiger partial charge >= 0.3 is 11.9 Å². The van der Waals surface area contributed by atoms with Gasteiger partial charge in [-0.1, -0.05) is 30.3 Å². The van der Waals surface area contributed by atoms with E-state index in [2.05, 4.69) is 5.32 Å². The highest BCUT2D eigenvalue weighted by molar-refractivity contribution is 8.01. The Hall–Kier alpha value is -3.26. The third-order valence-corrected chi connectivity index (χ3v) is 5.87. The van der Waals surface area contributed by atoms with Crippen molar-refractivity contribution in [3.05, 3.63) is 59.9 Å². The largest absolute Gasteiger partial charge is 0.461 e. The van der Waals surface area contributed by atoms with Gasteiger partial charge in [-0.25, -0.2) is 4.79 Å². The topological polar surface area (TPSA) is 94.8 Å². The third kappa shape index (κ3) is 4.04. The molecule has 7 nitrogen and oxygen atoms in total. The highest BCUT2D eigenvalue weighted by Gasteiger charge is 2.30. The number of fused-ring (bicyclic) bond motifs is 2. The van der Waals surface area contributed by atoms with Crippen molar-refractivity contribution in [1.29, 1.82) is 0 Å². The molecule has 0 unspecified atom stereocenters. The molecule has 1 atom stereocenters. The number of carbonyl (C=O) groups excluding carboxylic acids is 3. The number of carbonyl (C=O) groups is 3. The van der Waals surface area contributed by atoms with Gasteiger partial charge in [-0.3, -0.25) is 9.59 Å². The van der Waals surface area contributed by atoms with Crippen molar-refractivity contribution in [1.82, 2.24) is 0 Å². The second kappa shape index (κ2) is 8.62. The predicted octanol–water partition coefficient (Wildman–Crippen LogP) is 4.16. The highest BCUT2D eigenvalue weighted by atomic mass is 32.2. The molecule has 154 valence electrons. The molecule has 1 aliphatic rings. The lowest BCUT2D eigenvalue weighted by Gasteiger charge is -2.23. The molecule has 0 aliphatic carbocycles. The Morgan fingerprint density at radius 3 is 2.70 bits per heavy atom. The van der Waals surface area contributed by atoms with E-state index in [4.69, 9.17) is 13.9 Å². The molecule has 8 heteroatoms. The third-order valence-electron chi connectivity index (χ3n) is 4.60. The quantitative estimate of drug-likeness (QED) is 0.593. The second-order valence-electron chi connectivity index (χ2n) is 6.58. The number of rotatable bonds is 6. The van der Waals surface area contributed by atoms with E-state index in [0.29, 0.717) is 16.5 Å². The van der Waals surface area contributed by atoms with Crippen LogP contribution in [0.3, 0.4) is 0 Å². The summed E-state index contributed by atoms with van der Waals surface area (Å²) >= 11 is 1.33. The summed E-state index contributed by atoms with van der Waals surface area (Å²) in [6.07, 6.45) is -0.0879. The smallest absolute Gasteiger partial charge is 0.374 e. The van der Waals surface area contributed by atoms with Crippen molar-refractivity contribution in [2.45, 2.75) is 30.1 Å². The van der Waals surface area contributed by atoms with Crippen LogP contribution < -0.4 is 5.32 Å². The van der Waals surface area contributed by atoms with Crippen molar-refractivity contribution >= 4 is 46.3 Å². The molecule has 0 bridgehead atoms. The van der Waals surface area contributed by atoms with E-state index >= 15 is 0 Å². The van der Waals surface area contributed by atoms with Gasteiger partial charge in [0.05, 0.1) is 29.5 Å². The van der Waals surface area contributed by atoms with Crippen LogP contribution in [-0.2, 0) is 25.7 Å². The number of hydrogen-bond acceptors (Lipinski definition) is 7. The van der Waals surface area contributed by atoms with Gasteiger partial charge in [-0.05, 0) is 25.1 Å². The summed E-state index contributed by atoms with van der Waals surface area (Å²) in [5.74, 6) is -1.37. The number of thioether (sulfide) groups is 1. The van der Waals surface area contributed by atoms with Crippen molar-refractivity contribution < 1.29 is 28.3 Å². The van der Waals surface area contributed by atoms with Crippen LogP contribution in [0, 0.1) is 0 Å². The lowest BCUT2D eigenvalue weighted by Crippen LogP contribution is -2.31. The van der Waals surface area contributed by atoms with Crippen LogP contribution in [0.5, 0.6) is 0 Å². The molecule has 4 rings (SSSR count). The molecule has 2 heterocycles. The Labute approximate surface area is 176 Å². The molecule has 1 amide bonds. The van der Waals surface area contributed by atoms with Gasteiger partial charge in [0.1, 0.15) is 12.2 Å². The standard InChI is InChI=1S/C22H19NO6S/c1-2-27-22(26)20-14(13-7-3-5-9-16(13)29-20)12-28-19(24)11-18-21(25)23-15-8-4-6-10-17(15)30-18/h3-10,18H,2,11-12H2,1H3,(H,23,25)/t18-/m0/s1. The molecular formula is C22H19NO6S. The van der Waals surface area contributed by atoms with E-state index in [1.54, 1.807) is 31.2 Å². The van der Waals surface area contributed by atoms with E-state index in [9.17, 15) is 14.4 Å². The number of furan rings is 1. The average Bonchev–Trinajstić information content (AvgIpc) is 3.12. The maximum absolute atomic E-state index is 12.4. The molecule has 30 heavy (non-hydrogen) atoms. The fraction of sp³-hybridized carbons (Fsp3) is 0.227. The lowest BCUT2D eigenvalue weighted by atomic mass is 10.1. The molecule has 0 spiro atoms. The SMILES string of the molecule is CCOC(=O)c1oc2ccccc2c1COC(=O)C[C@@H]1Sc2ccccc2NC1=O. The average molecular weight is 425 g/mol. The number of anilines is 1. The van der Waals surface area contributed by atoms with Crippen LogP contribution in [0.1, 0.15) is 29.5 Å². The zero-order valence-electron chi connectivity index (χ0n) is 16.2. The summed E-state index contributed by atoms with van der Waals surface area (Å²) in [5, 5.41) is 2.89. The van der Waals surface area contributed by atoms with E-state index in [-0.39, 0.29) is 31.3 Å². The van der Waals surface area contributed by atoms with Gasteiger partial charge in [0.25, 0.3) is 0 Å². The molecule has 3 aromatic rings. The highest BCUT2D eigenvalue weighted by Crippen LogP contribution is 2.37. The zero-order chi connectivity index (χ0) is 21.1. The number of para-hydroxylation sites is 2. The Balaban J connectivity index is 1.46. The van der Waals surface area contributed by atoms with E-state index in [1.807, 2.05) is 24.3 Å². The summed E-state index contributed by atoms with van der Waals surface area (Å²) in [7, 11) is 0. The second-order valence-corrected chi connectivity index (χ2v) is 7.83. The maximum atomic E-state index is 12.4. The first kappa shape index (κ1) is 20.0. The van der Waals surface area contributed by atoms with E-state index in [0.717, 1.165) is 10.6 Å². The molecule has 2 aromatic carbocycles. The maximum Gasteiger partial charge on any atom is 0.374 e. The summed E-state index contributed by atoms with van der Waals surface area (Å²) in [6.45, 7) is 1.75. The predicted molar refractivity (Wildman–Crippen MR) is 111 cm³/mol. The summed E-state index contributed by atoms with van der Waals surface area (Å²) < 4.78 is 16.1. The monoisotopic (exact) mass is 425 g/mol. The van der Waals surface area contributed by atoms with Gasteiger partial charge in [0, 0.05) is 10.3 Å². The van der Waals surface area contributed by atoms with Crippen molar-refractivity contribution in [3.63, 3.8) is 0 Å². The number of amides is 1.